The Labute approximate surface area is 183 Å². The van der Waals surface area contributed by atoms with E-state index in [1.165, 1.54) is 5.56 Å². The summed E-state index contributed by atoms with van der Waals surface area (Å²) in [5.74, 6) is -0.676. The number of carbonyl (C=O) groups excluding carboxylic acids is 3. The first-order chi connectivity index (χ1) is 14.7. The van der Waals surface area contributed by atoms with Crippen LogP contribution < -0.4 is 5.32 Å². The number of aryl methyl sites for hydroxylation is 2. The summed E-state index contributed by atoms with van der Waals surface area (Å²) in [6.07, 6.45) is 2.00. The van der Waals surface area contributed by atoms with E-state index in [0.717, 1.165) is 29.1 Å². The molecule has 1 unspecified atom stereocenters. The van der Waals surface area contributed by atoms with Crippen molar-refractivity contribution in [2.45, 2.75) is 52.6 Å². The van der Waals surface area contributed by atoms with E-state index in [4.69, 9.17) is 4.74 Å². The van der Waals surface area contributed by atoms with Crippen LogP contribution in [-0.4, -0.2) is 47.4 Å². The fourth-order valence-electron chi connectivity index (χ4n) is 4.17. The molecule has 1 aromatic heterocycles. The van der Waals surface area contributed by atoms with Crippen molar-refractivity contribution >= 4 is 17.7 Å². The lowest BCUT2D eigenvalue weighted by molar-refractivity contribution is -0.130. The monoisotopic (exact) mass is 425 g/mol. The van der Waals surface area contributed by atoms with Crippen molar-refractivity contribution in [3.63, 3.8) is 0 Å². The van der Waals surface area contributed by atoms with Crippen molar-refractivity contribution in [1.29, 1.82) is 0 Å². The predicted octanol–water partition coefficient (Wildman–Crippen LogP) is 3.35. The molecule has 2 heterocycles. The molecule has 1 aromatic carbocycles. The Balaban J connectivity index is 1.79. The van der Waals surface area contributed by atoms with Crippen LogP contribution in [0, 0.1) is 13.8 Å². The third kappa shape index (κ3) is 4.28. The van der Waals surface area contributed by atoms with E-state index < -0.39 is 17.5 Å². The standard InChI is InChI=1S/C24H31N3O4/c1-6-7-18-8-10-19(11-9-18)24(4)22(29)27(23(30)25-24)15-21(28)20-14-16(2)26(17(20)3)12-13-31-5/h8-11,14H,6-7,12-13,15H2,1-5H3,(H,25,30). The molecule has 0 bridgehead atoms. The van der Waals surface area contributed by atoms with E-state index in [1.54, 1.807) is 20.1 Å². The zero-order valence-electron chi connectivity index (χ0n) is 18.9. The van der Waals surface area contributed by atoms with Crippen LogP contribution in [-0.2, 0) is 28.0 Å². The van der Waals surface area contributed by atoms with Crippen LogP contribution in [0.3, 0.4) is 0 Å². The first-order valence-corrected chi connectivity index (χ1v) is 10.6. The summed E-state index contributed by atoms with van der Waals surface area (Å²) in [5, 5.41) is 2.78. The molecule has 31 heavy (non-hydrogen) atoms. The van der Waals surface area contributed by atoms with Gasteiger partial charge in [0.1, 0.15) is 5.54 Å². The van der Waals surface area contributed by atoms with E-state index in [0.29, 0.717) is 24.3 Å². The van der Waals surface area contributed by atoms with Crippen LogP contribution >= 0.6 is 0 Å². The number of hydrogen-bond donors (Lipinski definition) is 1. The molecule has 1 atom stereocenters. The van der Waals surface area contributed by atoms with Crippen molar-refractivity contribution < 1.29 is 19.1 Å². The van der Waals surface area contributed by atoms with Gasteiger partial charge in [0.25, 0.3) is 5.91 Å². The molecular formula is C24H31N3O4. The third-order valence-corrected chi connectivity index (χ3v) is 6.04. The maximum Gasteiger partial charge on any atom is 0.325 e. The number of aromatic nitrogens is 1. The van der Waals surface area contributed by atoms with Gasteiger partial charge in [-0.15, -0.1) is 0 Å². The molecule has 0 aliphatic carbocycles. The highest BCUT2D eigenvalue weighted by Crippen LogP contribution is 2.29. The van der Waals surface area contributed by atoms with Gasteiger partial charge in [0.15, 0.2) is 5.78 Å². The number of rotatable bonds is 9. The summed E-state index contributed by atoms with van der Waals surface area (Å²) >= 11 is 0. The number of ketones is 1. The van der Waals surface area contributed by atoms with Gasteiger partial charge in [-0.2, -0.15) is 0 Å². The van der Waals surface area contributed by atoms with Crippen molar-refractivity contribution in [1.82, 2.24) is 14.8 Å². The summed E-state index contributed by atoms with van der Waals surface area (Å²) in [6.45, 7) is 8.46. The maximum absolute atomic E-state index is 13.2. The van der Waals surface area contributed by atoms with E-state index in [9.17, 15) is 14.4 Å². The van der Waals surface area contributed by atoms with Crippen molar-refractivity contribution in [3.8, 4) is 0 Å². The molecule has 166 valence electrons. The molecule has 1 N–H and O–H groups in total. The number of nitrogens with zero attached hydrogens (tertiary/aromatic N) is 2. The maximum atomic E-state index is 13.2. The van der Waals surface area contributed by atoms with Gasteiger partial charge in [-0.25, -0.2) is 4.79 Å². The second-order valence-corrected chi connectivity index (χ2v) is 8.25. The third-order valence-electron chi connectivity index (χ3n) is 6.04. The van der Waals surface area contributed by atoms with Crippen LogP contribution in [0.2, 0.25) is 0 Å². The molecular weight excluding hydrogens is 394 g/mol. The fourth-order valence-corrected chi connectivity index (χ4v) is 4.17. The number of amides is 3. The highest BCUT2D eigenvalue weighted by molar-refractivity contribution is 6.11. The minimum atomic E-state index is -1.18. The lowest BCUT2D eigenvalue weighted by atomic mass is 9.91. The molecule has 0 spiro atoms. The molecule has 7 heteroatoms. The van der Waals surface area contributed by atoms with Gasteiger partial charge in [-0.05, 0) is 44.4 Å². The quantitative estimate of drug-likeness (QED) is 0.494. The molecule has 1 aliphatic rings. The van der Waals surface area contributed by atoms with E-state index >= 15 is 0 Å². The number of methoxy groups -OCH3 is 1. The Bertz CT molecular complexity index is 993. The topological polar surface area (TPSA) is 80.6 Å². The van der Waals surface area contributed by atoms with Crippen LogP contribution in [0.4, 0.5) is 4.79 Å². The first-order valence-electron chi connectivity index (χ1n) is 10.6. The van der Waals surface area contributed by atoms with Crippen molar-refractivity contribution in [2.24, 2.45) is 0 Å². The number of carbonyl (C=O) groups is 3. The first kappa shape index (κ1) is 22.7. The summed E-state index contributed by atoms with van der Waals surface area (Å²) in [4.78, 5) is 39.8. The molecule has 0 radical (unpaired) electrons. The van der Waals surface area contributed by atoms with Gasteiger partial charge in [-0.1, -0.05) is 37.6 Å². The molecule has 1 saturated heterocycles. The Hall–Kier alpha value is -2.93. The lowest BCUT2D eigenvalue weighted by Gasteiger charge is -2.22. The summed E-state index contributed by atoms with van der Waals surface area (Å²) in [5.41, 5.74) is 2.97. The molecule has 7 nitrogen and oxygen atoms in total. The highest BCUT2D eigenvalue weighted by Gasteiger charge is 2.49. The fraction of sp³-hybridized carbons (Fsp3) is 0.458. The van der Waals surface area contributed by atoms with Gasteiger partial charge in [0.05, 0.1) is 13.2 Å². The van der Waals surface area contributed by atoms with Gasteiger partial charge in [-0.3, -0.25) is 14.5 Å². The van der Waals surface area contributed by atoms with E-state index in [2.05, 4.69) is 12.2 Å². The Morgan fingerprint density at radius 2 is 1.84 bits per heavy atom. The van der Waals surface area contributed by atoms with E-state index in [-0.39, 0.29) is 12.3 Å². The number of urea groups is 1. The average Bonchev–Trinajstić information content (AvgIpc) is 3.14. The van der Waals surface area contributed by atoms with Crippen LogP contribution in [0.1, 0.15) is 53.1 Å². The summed E-state index contributed by atoms with van der Waals surface area (Å²) in [7, 11) is 1.63. The number of nitrogens with one attached hydrogen (secondary N) is 1. The Kier molecular flexibility index (Phi) is 6.65. The second kappa shape index (κ2) is 9.06. The van der Waals surface area contributed by atoms with Gasteiger partial charge in [0, 0.05) is 30.6 Å². The summed E-state index contributed by atoms with van der Waals surface area (Å²) < 4.78 is 7.14. The SMILES string of the molecule is CCCc1ccc(C2(C)NC(=O)N(CC(=O)c3cc(C)n(CCOC)c3C)C2=O)cc1. The van der Waals surface area contributed by atoms with Gasteiger partial charge < -0.3 is 14.6 Å². The highest BCUT2D eigenvalue weighted by atomic mass is 16.5. The predicted molar refractivity (Wildman–Crippen MR) is 118 cm³/mol. The Morgan fingerprint density at radius 3 is 2.45 bits per heavy atom. The number of hydrogen-bond acceptors (Lipinski definition) is 4. The molecule has 3 amide bonds. The largest absolute Gasteiger partial charge is 0.383 e. The smallest absolute Gasteiger partial charge is 0.325 e. The molecule has 1 fully saturated rings. The van der Waals surface area contributed by atoms with Gasteiger partial charge >= 0.3 is 6.03 Å². The number of Topliss-reactive ketones (excluding diaryl/α,β-unsaturated/α-hetero) is 1. The number of benzene rings is 1. The Morgan fingerprint density at radius 1 is 1.16 bits per heavy atom. The average molecular weight is 426 g/mol. The molecule has 1 aliphatic heterocycles. The zero-order chi connectivity index (χ0) is 22.8. The van der Waals surface area contributed by atoms with Crippen LogP contribution in [0.15, 0.2) is 30.3 Å². The molecule has 3 rings (SSSR count). The van der Waals surface area contributed by atoms with Crippen LogP contribution in [0.25, 0.3) is 0 Å². The molecule has 0 saturated carbocycles. The second-order valence-electron chi connectivity index (χ2n) is 8.25. The minimum absolute atomic E-state index is 0.261. The zero-order valence-corrected chi connectivity index (χ0v) is 18.9. The summed E-state index contributed by atoms with van der Waals surface area (Å²) in [6, 6.07) is 8.96. The van der Waals surface area contributed by atoms with Crippen LogP contribution in [0.5, 0.6) is 0 Å². The van der Waals surface area contributed by atoms with E-state index in [1.807, 2.05) is 42.7 Å². The minimum Gasteiger partial charge on any atom is -0.383 e. The number of imide groups is 1. The normalized spacial score (nSPS) is 18.5. The molecule has 2 aromatic rings. The number of ether oxygens (including phenoxy) is 1. The van der Waals surface area contributed by atoms with Crippen molar-refractivity contribution in [3.05, 3.63) is 58.4 Å². The van der Waals surface area contributed by atoms with Gasteiger partial charge in [0.2, 0.25) is 0 Å². The van der Waals surface area contributed by atoms with Crippen molar-refractivity contribution in [2.75, 3.05) is 20.3 Å². The lowest BCUT2D eigenvalue weighted by Crippen LogP contribution is -2.41.